The van der Waals surface area contributed by atoms with E-state index in [2.05, 4.69) is 15.7 Å². The number of hydrogen-bond acceptors (Lipinski definition) is 4. The second-order valence-electron chi connectivity index (χ2n) is 4.05. The predicted octanol–water partition coefficient (Wildman–Crippen LogP) is -0.933. The summed E-state index contributed by atoms with van der Waals surface area (Å²) in [5, 5.41) is 10.1. The summed E-state index contributed by atoms with van der Waals surface area (Å²) < 4.78 is 7.17. The Balaban J connectivity index is 1.71. The minimum Gasteiger partial charge on any atom is -0.366 e. The van der Waals surface area contributed by atoms with E-state index in [-0.39, 0.29) is 12.0 Å². The van der Waals surface area contributed by atoms with E-state index in [0.29, 0.717) is 19.7 Å². The Hall–Kier alpha value is -1.40. The molecule has 1 fully saturated rings. The molecule has 94 valence electrons. The van der Waals surface area contributed by atoms with Gasteiger partial charge in [-0.1, -0.05) is 0 Å². The summed E-state index contributed by atoms with van der Waals surface area (Å²) in [5.74, 6) is -0.0423. The third-order valence-electron chi connectivity index (χ3n) is 2.82. The number of aryl methyl sites for hydroxylation is 1. The summed E-state index contributed by atoms with van der Waals surface area (Å²) in [7, 11) is 1.89. The number of rotatable bonds is 4. The molecule has 6 nitrogen and oxygen atoms in total. The number of carbonyl (C=O) groups excluding carboxylic acids is 1. The highest BCUT2D eigenvalue weighted by atomic mass is 16.5. The van der Waals surface area contributed by atoms with Gasteiger partial charge in [0.25, 0.3) is 0 Å². The molecule has 1 unspecified atom stereocenters. The van der Waals surface area contributed by atoms with Crippen molar-refractivity contribution in [2.24, 2.45) is 7.05 Å². The summed E-state index contributed by atoms with van der Waals surface area (Å²) in [4.78, 5) is 11.7. The number of carbonyl (C=O) groups is 1. The molecule has 1 aliphatic rings. The SMILES string of the molecule is Cn1nccc1CCNC(=O)C1CNCCO1. The molecular formula is C11H18N4O2. The van der Waals surface area contributed by atoms with Gasteiger partial charge in [0.05, 0.1) is 6.61 Å². The second-order valence-corrected chi connectivity index (χ2v) is 4.05. The maximum atomic E-state index is 11.7. The highest BCUT2D eigenvalue weighted by molar-refractivity contribution is 5.81. The van der Waals surface area contributed by atoms with Crippen LogP contribution in [0.25, 0.3) is 0 Å². The fraction of sp³-hybridized carbons (Fsp3) is 0.636. The number of ether oxygens (including phenoxy) is 1. The minimum absolute atomic E-state index is 0.0423. The number of morpholine rings is 1. The lowest BCUT2D eigenvalue weighted by Crippen LogP contribution is -2.48. The number of nitrogens with one attached hydrogen (secondary N) is 2. The highest BCUT2D eigenvalue weighted by Crippen LogP contribution is 1.98. The third kappa shape index (κ3) is 3.28. The Bertz CT molecular complexity index is 371. The smallest absolute Gasteiger partial charge is 0.250 e. The monoisotopic (exact) mass is 238 g/mol. The normalized spacial score (nSPS) is 20.2. The summed E-state index contributed by atoms with van der Waals surface area (Å²) >= 11 is 0. The lowest BCUT2D eigenvalue weighted by atomic mass is 10.2. The third-order valence-corrected chi connectivity index (χ3v) is 2.82. The van der Waals surface area contributed by atoms with Crippen molar-refractivity contribution in [1.29, 1.82) is 0 Å². The van der Waals surface area contributed by atoms with Crippen LogP contribution in [0.15, 0.2) is 12.3 Å². The van der Waals surface area contributed by atoms with E-state index in [4.69, 9.17) is 4.74 Å². The molecule has 0 bridgehead atoms. The zero-order valence-electron chi connectivity index (χ0n) is 9.98. The zero-order valence-corrected chi connectivity index (χ0v) is 9.98. The molecule has 0 aliphatic carbocycles. The Kier molecular flexibility index (Phi) is 4.11. The number of hydrogen-bond donors (Lipinski definition) is 2. The van der Waals surface area contributed by atoms with E-state index in [1.165, 1.54) is 0 Å². The lowest BCUT2D eigenvalue weighted by molar-refractivity contribution is -0.134. The van der Waals surface area contributed by atoms with Crippen LogP contribution < -0.4 is 10.6 Å². The van der Waals surface area contributed by atoms with Crippen molar-refractivity contribution in [3.8, 4) is 0 Å². The Morgan fingerprint density at radius 1 is 1.76 bits per heavy atom. The van der Waals surface area contributed by atoms with Gasteiger partial charge in [-0.2, -0.15) is 5.10 Å². The molecule has 1 amide bonds. The average molecular weight is 238 g/mol. The van der Waals surface area contributed by atoms with Crippen LogP contribution in [-0.4, -0.2) is 48.0 Å². The first-order valence-corrected chi connectivity index (χ1v) is 5.84. The Morgan fingerprint density at radius 2 is 2.65 bits per heavy atom. The van der Waals surface area contributed by atoms with Gasteiger partial charge in [-0.3, -0.25) is 9.48 Å². The van der Waals surface area contributed by atoms with Gasteiger partial charge in [-0.05, 0) is 6.07 Å². The van der Waals surface area contributed by atoms with E-state index >= 15 is 0 Å². The van der Waals surface area contributed by atoms with E-state index in [1.54, 1.807) is 6.20 Å². The van der Waals surface area contributed by atoms with Crippen molar-refractivity contribution in [3.63, 3.8) is 0 Å². The predicted molar refractivity (Wildman–Crippen MR) is 62.5 cm³/mol. The molecule has 1 aromatic heterocycles. The first-order valence-electron chi connectivity index (χ1n) is 5.84. The maximum Gasteiger partial charge on any atom is 0.250 e. The Labute approximate surface area is 100 Å². The summed E-state index contributed by atoms with van der Waals surface area (Å²) in [6, 6.07) is 1.95. The van der Waals surface area contributed by atoms with Gasteiger partial charge in [-0.25, -0.2) is 0 Å². The number of aromatic nitrogens is 2. The van der Waals surface area contributed by atoms with Crippen LogP contribution >= 0.6 is 0 Å². The second kappa shape index (κ2) is 5.79. The van der Waals surface area contributed by atoms with Gasteiger partial charge in [0.2, 0.25) is 5.91 Å². The van der Waals surface area contributed by atoms with Crippen molar-refractivity contribution in [2.45, 2.75) is 12.5 Å². The van der Waals surface area contributed by atoms with Gasteiger partial charge in [-0.15, -0.1) is 0 Å². The van der Waals surface area contributed by atoms with Gasteiger partial charge in [0, 0.05) is 45.0 Å². The number of nitrogens with zero attached hydrogens (tertiary/aromatic N) is 2. The molecule has 17 heavy (non-hydrogen) atoms. The van der Waals surface area contributed by atoms with Crippen molar-refractivity contribution in [1.82, 2.24) is 20.4 Å². The fourth-order valence-corrected chi connectivity index (χ4v) is 1.81. The van der Waals surface area contributed by atoms with Gasteiger partial charge in [0.15, 0.2) is 0 Å². The molecule has 0 spiro atoms. The molecule has 1 atom stereocenters. The van der Waals surface area contributed by atoms with Gasteiger partial charge >= 0.3 is 0 Å². The zero-order chi connectivity index (χ0) is 12.1. The molecule has 1 aliphatic heterocycles. The minimum atomic E-state index is -0.352. The van der Waals surface area contributed by atoms with Crippen molar-refractivity contribution in [3.05, 3.63) is 18.0 Å². The maximum absolute atomic E-state index is 11.7. The van der Waals surface area contributed by atoms with Crippen molar-refractivity contribution < 1.29 is 9.53 Å². The lowest BCUT2D eigenvalue weighted by Gasteiger charge is -2.22. The van der Waals surface area contributed by atoms with E-state index in [0.717, 1.165) is 18.7 Å². The number of amides is 1. The van der Waals surface area contributed by atoms with Gasteiger partial charge in [0.1, 0.15) is 6.10 Å². The summed E-state index contributed by atoms with van der Waals surface area (Å²) in [6.07, 6.45) is 2.18. The topological polar surface area (TPSA) is 68.2 Å². The van der Waals surface area contributed by atoms with Crippen molar-refractivity contribution in [2.75, 3.05) is 26.2 Å². The van der Waals surface area contributed by atoms with Crippen LogP contribution in [0.4, 0.5) is 0 Å². The Morgan fingerprint density at radius 3 is 3.29 bits per heavy atom. The molecular weight excluding hydrogens is 220 g/mol. The molecule has 1 aromatic rings. The quantitative estimate of drug-likeness (QED) is 0.711. The highest BCUT2D eigenvalue weighted by Gasteiger charge is 2.20. The van der Waals surface area contributed by atoms with Gasteiger partial charge < -0.3 is 15.4 Å². The molecule has 2 rings (SSSR count). The molecule has 1 saturated heterocycles. The average Bonchev–Trinajstić information content (AvgIpc) is 2.76. The summed E-state index contributed by atoms with van der Waals surface area (Å²) in [6.45, 7) is 2.62. The molecule has 0 radical (unpaired) electrons. The van der Waals surface area contributed by atoms with Crippen LogP contribution in [0.1, 0.15) is 5.69 Å². The van der Waals surface area contributed by atoms with Crippen molar-refractivity contribution >= 4 is 5.91 Å². The molecule has 2 heterocycles. The van der Waals surface area contributed by atoms with Crippen LogP contribution in [0.3, 0.4) is 0 Å². The van der Waals surface area contributed by atoms with Crippen LogP contribution in [0.5, 0.6) is 0 Å². The van der Waals surface area contributed by atoms with Crippen LogP contribution in [0.2, 0.25) is 0 Å². The first-order chi connectivity index (χ1) is 8.27. The van der Waals surface area contributed by atoms with Crippen LogP contribution in [0, 0.1) is 0 Å². The molecule has 2 N–H and O–H groups in total. The fourth-order valence-electron chi connectivity index (χ4n) is 1.81. The molecule has 6 heteroatoms. The van der Waals surface area contributed by atoms with E-state index in [1.807, 2.05) is 17.8 Å². The van der Waals surface area contributed by atoms with E-state index in [9.17, 15) is 4.79 Å². The van der Waals surface area contributed by atoms with Crippen LogP contribution in [-0.2, 0) is 23.0 Å². The largest absolute Gasteiger partial charge is 0.366 e. The molecule has 0 aromatic carbocycles. The first kappa shape index (κ1) is 12.1. The molecule has 0 saturated carbocycles. The van der Waals surface area contributed by atoms with E-state index < -0.39 is 0 Å². The standard InChI is InChI=1S/C11H18N4O2/c1-15-9(3-5-14-15)2-4-13-11(16)10-8-12-6-7-17-10/h3,5,10,12H,2,4,6-8H2,1H3,(H,13,16). The summed E-state index contributed by atoms with van der Waals surface area (Å²) in [5.41, 5.74) is 1.10.